The van der Waals surface area contributed by atoms with Gasteiger partial charge in [0.05, 0.1) is 17.6 Å². The molecule has 1 atom stereocenters. The van der Waals surface area contributed by atoms with E-state index in [1.165, 1.54) is 4.88 Å². The largest absolute Gasteiger partial charge is 0.444 e. The Morgan fingerprint density at radius 3 is 2.52 bits per heavy atom. The number of alkyl carbamates (subject to hydrolysis) is 1. The zero-order valence-electron chi connectivity index (χ0n) is 18.9. The van der Waals surface area contributed by atoms with Crippen molar-refractivity contribution in [2.75, 3.05) is 19.6 Å². The van der Waals surface area contributed by atoms with E-state index in [9.17, 15) is 4.79 Å². The number of guanidine groups is 1. The van der Waals surface area contributed by atoms with Gasteiger partial charge in [0.25, 0.3) is 0 Å². The molecule has 2 aromatic rings. The normalized spacial score (nSPS) is 12.5. The molecule has 1 aromatic carbocycles. The van der Waals surface area contributed by atoms with Crippen LogP contribution in [0.2, 0.25) is 0 Å². The van der Waals surface area contributed by atoms with Gasteiger partial charge in [-0.2, -0.15) is 0 Å². The van der Waals surface area contributed by atoms with E-state index in [0.29, 0.717) is 12.5 Å². The third-order valence-corrected chi connectivity index (χ3v) is 4.94. The zero-order valence-corrected chi connectivity index (χ0v) is 22.0. The fourth-order valence-corrected chi connectivity index (χ4v) is 3.49. The molecule has 0 aliphatic carbocycles. The summed E-state index contributed by atoms with van der Waals surface area (Å²) in [5.41, 5.74) is 0.417. The van der Waals surface area contributed by atoms with Crippen molar-refractivity contribution < 1.29 is 9.53 Å². The Bertz CT molecular complexity index is 821. The summed E-state index contributed by atoms with van der Waals surface area (Å²) in [5.74, 6) is 0.706. The van der Waals surface area contributed by atoms with E-state index in [1.807, 2.05) is 64.2 Å². The second-order valence-corrected chi connectivity index (χ2v) is 9.19. The fourth-order valence-electron chi connectivity index (χ4n) is 2.70. The lowest BCUT2D eigenvalue weighted by Gasteiger charge is -2.23. The molecule has 0 bridgehead atoms. The Kier molecular flexibility index (Phi) is 11.8. The quantitative estimate of drug-likeness (QED) is 0.253. The van der Waals surface area contributed by atoms with Crippen LogP contribution >= 0.6 is 35.3 Å². The van der Waals surface area contributed by atoms with E-state index in [1.54, 1.807) is 11.3 Å². The number of nitrogens with zero attached hydrogens (tertiary/aromatic N) is 2. The number of nitrogens with one attached hydrogen (secondary N) is 3. The van der Waals surface area contributed by atoms with Gasteiger partial charge in [0.2, 0.25) is 0 Å². The predicted octanol–water partition coefficient (Wildman–Crippen LogP) is 4.43. The fraction of sp³-hybridized carbons (Fsp3) is 0.500. The molecule has 1 unspecified atom stereocenters. The van der Waals surface area contributed by atoms with Crippen LogP contribution in [0, 0.1) is 6.92 Å². The van der Waals surface area contributed by atoms with Gasteiger partial charge in [-0.3, -0.25) is 4.99 Å². The number of hydrogen-bond acceptors (Lipinski definition) is 5. The number of hydrogen-bond donors (Lipinski definition) is 3. The number of halogens is 1. The third kappa shape index (κ3) is 10.8. The highest BCUT2D eigenvalue weighted by atomic mass is 127. The van der Waals surface area contributed by atoms with Crippen molar-refractivity contribution in [1.82, 2.24) is 20.9 Å². The van der Waals surface area contributed by atoms with Gasteiger partial charge >= 0.3 is 6.09 Å². The van der Waals surface area contributed by atoms with Crippen molar-refractivity contribution in [2.45, 2.75) is 52.7 Å². The molecule has 0 fully saturated rings. The SMILES string of the molecule is CCNC(=NCC(NC(=O)OC(C)(C)C)c1ccccc1)NCCc1ncc(C)s1.I. The smallest absolute Gasteiger partial charge is 0.408 e. The summed E-state index contributed by atoms with van der Waals surface area (Å²) < 4.78 is 5.42. The van der Waals surface area contributed by atoms with Crippen LogP contribution in [0.4, 0.5) is 4.79 Å². The average molecular weight is 560 g/mol. The molecule has 0 aliphatic heterocycles. The number of benzene rings is 1. The molecule has 1 aromatic heterocycles. The van der Waals surface area contributed by atoms with Crippen molar-refractivity contribution in [2.24, 2.45) is 4.99 Å². The van der Waals surface area contributed by atoms with Crippen LogP contribution in [0.15, 0.2) is 41.5 Å². The van der Waals surface area contributed by atoms with Crippen molar-refractivity contribution in [3.8, 4) is 0 Å². The number of aryl methyl sites for hydroxylation is 1. The second kappa shape index (κ2) is 13.5. The van der Waals surface area contributed by atoms with Gasteiger partial charge in [-0.25, -0.2) is 9.78 Å². The molecule has 3 N–H and O–H groups in total. The van der Waals surface area contributed by atoms with Gasteiger partial charge in [0, 0.05) is 30.6 Å². The molecule has 0 aliphatic rings. The van der Waals surface area contributed by atoms with Crippen LogP contribution in [0.25, 0.3) is 0 Å². The number of aromatic nitrogens is 1. The van der Waals surface area contributed by atoms with Crippen LogP contribution in [0.1, 0.15) is 49.2 Å². The summed E-state index contributed by atoms with van der Waals surface area (Å²) in [7, 11) is 0. The molecule has 1 amide bonds. The highest BCUT2D eigenvalue weighted by Gasteiger charge is 2.20. The molecule has 9 heteroatoms. The maximum absolute atomic E-state index is 12.3. The maximum Gasteiger partial charge on any atom is 0.408 e. The molecular weight excluding hydrogens is 525 g/mol. The van der Waals surface area contributed by atoms with E-state index in [2.05, 4.69) is 32.9 Å². The number of rotatable bonds is 8. The van der Waals surface area contributed by atoms with E-state index >= 15 is 0 Å². The standard InChI is InChI=1S/C22H33N5O2S.HI/c1-6-23-20(24-13-12-19-25-14-16(2)30-19)26-15-18(17-10-8-7-9-11-17)27-21(28)29-22(3,4)5;/h7-11,14,18H,6,12-13,15H2,1-5H3,(H,27,28)(H2,23,24,26);1H. The Balaban J connectivity index is 0.00000480. The topological polar surface area (TPSA) is 87.6 Å². The number of thiazole rings is 1. The molecule has 172 valence electrons. The van der Waals surface area contributed by atoms with Crippen LogP contribution in [0.3, 0.4) is 0 Å². The summed E-state index contributed by atoms with van der Waals surface area (Å²) in [5, 5.41) is 10.6. The van der Waals surface area contributed by atoms with Gasteiger partial charge in [-0.15, -0.1) is 35.3 Å². The first kappa shape index (κ1) is 27.2. The van der Waals surface area contributed by atoms with Gasteiger partial charge in [-0.1, -0.05) is 30.3 Å². The van der Waals surface area contributed by atoms with E-state index < -0.39 is 11.7 Å². The van der Waals surface area contributed by atoms with Crippen molar-refractivity contribution >= 4 is 47.4 Å². The summed E-state index contributed by atoms with van der Waals surface area (Å²) in [4.78, 5) is 22.6. The molecule has 0 spiro atoms. The predicted molar refractivity (Wildman–Crippen MR) is 139 cm³/mol. The number of aliphatic imine (C=N–C) groups is 1. The van der Waals surface area contributed by atoms with Gasteiger partial charge < -0.3 is 20.7 Å². The molecular formula is C22H34IN5O2S. The average Bonchev–Trinajstić information content (AvgIpc) is 3.09. The minimum Gasteiger partial charge on any atom is -0.444 e. The molecule has 0 saturated heterocycles. The summed E-state index contributed by atoms with van der Waals surface area (Å²) in [6.45, 7) is 11.5. The van der Waals surface area contributed by atoms with E-state index in [0.717, 1.165) is 30.1 Å². The lowest BCUT2D eigenvalue weighted by Crippen LogP contribution is -2.40. The van der Waals surface area contributed by atoms with Crippen molar-refractivity contribution in [3.63, 3.8) is 0 Å². The first-order chi connectivity index (χ1) is 14.3. The molecule has 7 nitrogen and oxygen atoms in total. The first-order valence-electron chi connectivity index (χ1n) is 10.2. The number of ether oxygens (including phenoxy) is 1. The van der Waals surface area contributed by atoms with Crippen LogP contribution in [0.5, 0.6) is 0 Å². The Morgan fingerprint density at radius 1 is 1.23 bits per heavy atom. The van der Waals surface area contributed by atoms with Gasteiger partial charge in [0.1, 0.15) is 5.60 Å². The molecule has 0 radical (unpaired) electrons. The van der Waals surface area contributed by atoms with E-state index in [-0.39, 0.29) is 30.0 Å². The molecule has 2 rings (SSSR count). The maximum atomic E-state index is 12.3. The number of carbonyl (C=O) groups excluding carboxylic acids is 1. The highest BCUT2D eigenvalue weighted by Crippen LogP contribution is 2.15. The van der Waals surface area contributed by atoms with Crippen molar-refractivity contribution in [3.05, 3.63) is 52.0 Å². The van der Waals surface area contributed by atoms with Crippen LogP contribution in [-0.2, 0) is 11.2 Å². The Labute approximate surface area is 206 Å². The first-order valence-corrected chi connectivity index (χ1v) is 11.1. The van der Waals surface area contributed by atoms with E-state index in [4.69, 9.17) is 4.74 Å². The van der Waals surface area contributed by atoms with Crippen molar-refractivity contribution in [1.29, 1.82) is 0 Å². The third-order valence-electron chi connectivity index (χ3n) is 3.97. The molecule has 1 heterocycles. The summed E-state index contributed by atoms with van der Waals surface area (Å²) in [6.07, 6.45) is 2.27. The lowest BCUT2D eigenvalue weighted by molar-refractivity contribution is 0.0505. The minimum absolute atomic E-state index is 0. The lowest BCUT2D eigenvalue weighted by atomic mass is 10.1. The highest BCUT2D eigenvalue weighted by molar-refractivity contribution is 14.0. The second-order valence-electron chi connectivity index (χ2n) is 7.87. The van der Waals surface area contributed by atoms with Crippen LogP contribution in [-0.4, -0.2) is 42.3 Å². The molecule has 31 heavy (non-hydrogen) atoms. The zero-order chi connectivity index (χ0) is 22.0. The van der Waals surface area contributed by atoms with Gasteiger partial charge in [-0.05, 0) is 40.2 Å². The number of carbonyl (C=O) groups is 1. The summed E-state index contributed by atoms with van der Waals surface area (Å²) >= 11 is 1.71. The monoisotopic (exact) mass is 559 g/mol. The van der Waals surface area contributed by atoms with Crippen LogP contribution < -0.4 is 16.0 Å². The Hall–Kier alpha value is -1.88. The minimum atomic E-state index is -0.556. The van der Waals surface area contributed by atoms with Gasteiger partial charge in [0.15, 0.2) is 5.96 Å². The summed E-state index contributed by atoms with van der Waals surface area (Å²) in [6, 6.07) is 9.50. The molecule has 0 saturated carbocycles. The number of amides is 1. The Morgan fingerprint density at radius 2 is 1.94 bits per heavy atom.